The van der Waals surface area contributed by atoms with Crippen LogP contribution in [-0.4, -0.2) is 50.9 Å². The third kappa shape index (κ3) is 2.92. The van der Waals surface area contributed by atoms with Crippen molar-refractivity contribution in [1.29, 1.82) is 5.26 Å². The minimum atomic E-state index is -0.226. The summed E-state index contributed by atoms with van der Waals surface area (Å²) in [5, 5.41) is 10.2. The van der Waals surface area contributed by atoms with Gasteiger partial charge in [0, 0.05) is 31.4 Å². The van der Waals surface area contributed by atoms with Crippen molar-refractivity contribution >= 4 is 22.8 Å². The van der Waals surface area contributed by atoms with E-state index >= 15 is 0 Å². The standard InChI is InChI=1S/C22H22N6O/c1-15(12-23)16-3-2-4-17(11-16)21(29)28-10-9-27(13-22(28)6-7-22)20-18-5-8-24-19(18)25-14-26-20/h2-5,8,11,14-15H,6-7,9-10,13H2,1H3,(H,24,25,26). The van der Waals surface area contributed by atoms with Gasteiger partial charge >= 0.3 is 0 Å². The molecule has 2 fully saturated rings. The van der Waals surface area contributed by atoms with Crippen molar-refractivity contribution in [1.82, 2.24) is 19.9 Å². The zero-order valence-electron chi connectivity index (χ0n) is 16.3. The number of rotatable bonds is 3. The summed E-state index contributed by atoms with van der Waals surface area (Å²) < 4.78 is 0. The lowest BCUT2D eigenvalue weighted by molar-refractivity contribution is 0.0624. The summed E-state index contributed by atoms with van der Waals surface area (Å²) >= 11 is 0. The number of aromatic nitrogens is 3. The molecule has 1 saturated heterocycles. The highest BCUT2D eigenvalue weighted by molar-refractivity contribution is 5.95. The Morgan fingerprint density at radius 1 is 1.28 bits per heavy atom. The Labute approximate surface area is 169 Å². The van der Waals surface area contributed by atoms with Gasteiger partial charge in [0.2, 0.25) is 0 Å². The van der Waals surface area contributed by atoms with Crippen LogP contribution in [-0.2, 0) is 0 Å². The molecule has 1 N–H and O–H groups in total. The van der Waals surface area contributed by atoms with E-state index in [1.807, 2.05) is 48.4 Å². The van der Waals surface area contributed by atoms with Crippen LogP contribution in [0.3, 0.4) is 0 Å². The van der Waals surface area contributed by atoms with Crippen LogP contribution in [0.25, 0.3) is 11.0 Å². The van der Waals surface area contributed by atoms with E-state index in [0.29, 0.717) is 12.1 Å². The number of nitriles is 1. The summed E-state index contributed by atoms with van der Waals surface area (Å²) in [4.78, 5) is 29.6. The molecule has 1 saturated carbocycles. The zero-order chi connectivity index (χ0) is 20.0. The molecule has 146 valence electrons. The maximum Gasteiger partial charge on any atom is 0.254 e. The van der Waals surface area contributed by atoms with Gasteiger partial charge in [0.1, 0.15) is 17.8 Å². The molecular weight excluding hydrogens is 364 g/mol. The maximum atomic E-state index is 13.3. The molecule has 0 bridgehead atoms. The van der Waals surface area contributed by atoms with Crippen LogP contribution in [0.15, 0.2) is 42.9 Å². The number of H-pyrrole nitrogens is 1. The average molecular weight is 386 g/mol. The molecule has 2 aromatic heterocycles. The van der Waals surface area contributed by atoms with Crippen LogP contribution in [0.5, 0.6) is 0 Å². The fourth-order valence-electron chi connectivity index (χ4n) is 4.33. The van der Waals surface area contributed by atoms with E-state index in [2.05, 4.69) is 25.9 Å². The molecule has 3 aromatic rings. The van der Waals surface area contributed by atoms with E-state index in [1.54, 1.807) is 6.33 Å². The first-order valence-corrected chi connectivity index (χ1v) is 9.96. The van der Waals surface area contributed by atoms with Crippen LogP contribution in [0.1, 0.15) is 41.6 Å². The Hall–Kier alpha value is -3.40. The summed E-state index contributed by atoms with van der Waals surface area (Å²) in [6.07, 6.45) is 5.48. The first-order valence-electron chi connectivity index (χ1n) is 9.96. The lowest BCUT2D eigenvalue weighted by Gasteiger charge is -2.43. The van der Waals surface area contributed by atoms with E-state index in [9.17, 15) is 10.1 Å². The van der Waals surface area contributed by atoms with Crippen LogP contribution in [0, 0.1) is 11.3 Å². The molecule has 7 nitrogen and oxygen atoms in total. The Bertz CT molecular complexity index is 1130. The van der Waals surface area contributed by atoms with E-state index in [-0.39, 0.29) is 17.4 Å². The number of nitrogens with one attached hydrogen (secondary N) is 1. The molecule has 1 aromatic carbocycles. The van der Waals surface area contributed by atoms with Crippen molar-refractivity contribution in [3.8, 4) is 6.07 Å². The molecule has 1 atom stereocenters. The van der Waals surface area contributed by atoms with Crippen molar-refractivity contribution in [3.05, 3.63) is 54.0 Å². The molecule has 1 spiro atoms. The van der Waals surface area contributed by atoms with Crippen molar-refractivity contribution in [2.75, 3.05) is 24.5 Å². The number of carbonyl (C=O) groups excluding carboxylic acids is 1. The first-order chi connectivity index (χ1) is 14.1. The van der Waals surface area contributed by atoms with Crippen LogP contribution in [0.2, 0.25) is 0 Å². The highest BCUT2D eigenvalue weighted by atomic mass is 16.2. The molecule has 1 amide bonds. The Balaban J connectivity index is 1.40. The van der Waals surface area contributed by atoms with Gasteiger partial charge in [-0.25, -0.2) is 9.97 Å². The topological polar surface area (TPSA) is 88.9 Å². The number of amides is 1. The second-order valence-electron chi connectivity index (χ2n) is 8.02. The lowest BCUT2D eigenvalue weighted by atomic mass is 9.99. The predicted octanol–water partition coefficient (Wildman–Crippen LogP) is 3.08. The van der Waals surface area contributed by atoms with Gasteiger partial charge in [-0.2, -0.15) is 5.26 Å². The van der Waals surface area contributed by atoms with Crippen molar-refractivity contribution in [2.24, 2.45) is 0 Å². The fraction of sp³-hybridized carbons (Fsp3) is 0.364. The van der Waals surface area contributed by atoms with Gasteiger partial charge in [-0.3, -0.25) is 4.79 Å². The number of hydrogen-bond donors (Lipinski definition) is 1. The zero-order valence-corrected chi connectivity index (χ0v) is 16.3. The molecular formula is C22H22N6O. The maximum absolute atomic E-state index is 13.3. The minimum Gasteiger partial charge on any atom is -0.352 e. The molecule has 5 rings (SSSR count). The van der Waals surface area contributed by atoms with E-state index in [0.717, 1.165) is 48.3 Å². The second kappa shape index (κ2) is 6.59. The summed E-state index contributed by atoms with van der Waals surface area (Å²) in [5.41, 5.74) is 2.26. The smallest absolute Gasteiger partial charge is 0.254 e. The summed E-state index contributed by atoms with van der Waals surface area (Å²) in [5.74, 6) is 0.763. The summed E-state index contributed by atoms with van der Waals surface area (Å²) in [6, 6.07) is 11.8. The lowest BCUT2D eigenvalue weighted by Crippen LogP contribution is -2.57. The Morgan fingerprint density at radius 3 is 2.93 bits per heavy atom. The number of hydrogen-bond acceptors (Lipinski definition) is 5. The van der Waals surface area contributed by atoms with Crippen molar-refractivity contribution in [3.63, 3.8) is 0 Å². The predicted molar refractivity (Wildman–Crippen MR) is 110 cm³/mol. The number of carbonyl (C=O) groups is 1. The van der Waals surface area contributed by atoms with Crippen molar-refractivity contribution in [2.45, 2.75) is 31.2 Å². The van der Waals surface area contributed by atoms with Gasteiger partial charge in [0.05, 0.1) is 22.9 Å². The van der Waals surface area contributed by atoms with Gasteiger partial charge < -0.3 is 14.8 Å². The largest absolute Gasteiger partial charge is 0.352 e. The third-order valence-electron chi connectivity index (χ3n) is 6.18. The van der Waals surface area contributed by atoms with E-state index in [4.69, 9.17) is 0 Å². The summed E-state index contributed by atoms with van der Waals surface area (Å²) in [7, 11) is 0. The average Bonchev–Trinajstić information content (AvgIpc) is 3.34. The first kappa shape index (κ1) is 17.7. The summed E-state index contributed by atoms with van der Waals surface area (Å²) in [6.45, 7) is 4.03. The normalized spacial score (nSPS) is 18.6. The molecule has 29 heavy (non-hydrogen) atoms. The molecule has 1 unspecified atom stereocenters. The third-order valence-corrected chi connectivity index (χ3v) is 6.18. The van der Waals surface area contributed by atoms with Gasteiger partial charge in [0.15, 0.2) is 0 Å². The number of fused-ring (bicyclic) bond motifs is 1. The molecule has 7 heteroatoms. The number of piperazine rings is 1. The van der Waals surface area contributed by atoms with E-state index < -0.39 is 0 Å². The molecule has 2 aliphatic rings. The number of benzene rings is 1. The molecule has 1 aliphatic carbocycles. The Kier molecular flexibility index (Phi) is 4.02. The van der Waals surface area contributed by atoms with Gasteiger partial charge in [-0.05, 0) is 43.5 Å². The SMILES string of the molecule is CC(C#N)c1cccc(C(=O)N2CCN(c3ncnc4[nH]ccc34)CC23CC3)c1. The molecule has 0 radical (unpaired) electrons. The van der Waals surface area contributed by atoms with Gasteiger partial charge in [-0.15, -0.1) is 0 Å². The highest BCUT2D eigenvalue weighted by Crippen LogP contribution is 2.46. The minimum absolute atomic E-state index is 0.0589. The number of aromatic amines is 1. The monoisotopic (exact) mass is 386 g/mol. The second-order valence-corrected chi connectivity index (χ2v) is 8.02. The quantitative estimate of drug-likeness (QED) is 0.747. The fourth-order valence-corrected chi connectivity index (χ4v) is 4.33. The molecule has 1 aliphatic heterocycles. The van der Waals surface area contributed by atoms with Gasteiger partial charge in [-0.1, -0.05) is 12.1 Å². The Morgan fingerprint density at radius 2 is 2.14 bits per heavy atom. The van der Waals surface area contributed by atoms with E-state index in [1.165, 1.54) is 0 Å². The molecule has 3 heterocycles. The highest BCUT2D eigenvalue weighted by Gasteiger charge is 2.53. The van der Waals surface area contributed by atoms with Crippen LogP contribution >= 0.6 is 0 Å². The van der Waals surface area contributed by atoms with Crippen LogP contribution in [0.4, 0.5) is 5.82 Å². The van der Waals surface area contributed by atoms with Crippen molar-refractivity contribution < 1.29 is 4.79 Å². The number of anilines is 1. The number of nitrogens with zero attached hydrogens (tertiary/aromatic N) is 5. The van der Waals surface area contributed by atoms with Gasteiger partial charge in [0.25, 0.3) is 5.91 Å². The van der Waals surface area contributed by atoms with Crippen LogP contribution < -0.4 is 4.90 Å².